The van der Waals surface area contributed by atoms with E-state index < -0.39 is 16.7 Å². The number of aromatic nitrogens is 2. The van der Waals surface area contributed by atoms with Crippen LogP contribution in [0.3, 0.4) is 0 Å². The maximum Gasteiger partial charge on any atom is 0.341 e. The molecule has 0 saturated carbocycles. The molecule has 0 unspecified atom stereocenters. The van der Waals surface area contributed by atoms with E-state index in [1.54, 1.807) is 28.9 Å². The number of pyridine rings is 1. The third-order valence-electron chi connectivity index (χ3n) is 3.43. The molecule has 1 aromatic carbocycles. The molecule has 3 aromatic rings. The van der Waals surface area contributed by atoms with Gasteiger partial charge in [-0.3, -0.25) is 10.1 Å². The van der Waals surface area contributed by atoms with Gasteiger partial charge in [0.2, 0.25) is 0 Å². The summed E-state index contributed by atoms with van der Waals surface area (Å²) in [5.41, 5.74) is 0.699. The number of hydrogen-bond donors (Lipinski definition) is 0. The van der Waals surface area contributed by atoms with Crippen molar-refractivity contribution in [1.82, 2.24) is 9.38 Å². The summed E-state index contributed by atoms with van der Waals surface area (Å²) in [7, 11) is 1.27. The third-order valence-corrected chi connectivity index (χ3v) is 3.43. The number of imidazole rings is 1. The van der Waals surface area contributed by atoms with Crippen molar-refractivity contribution in [1.29, 1.82) is 0 Å². The standard InChI is InChI=1S/C16H12FN3O5/c1-24-16(21)12-3-2-6-19-8-11(18-15(12)19)9-25-14-7-10(17)4-5-13(14)20(22)23/h2-8H,9H2,1H3. The Balaban J connectivity index is 1.89. The fraction of sp³-hybridized carbons (Fsp3) is 0.125. The molecule has 0 spiro atoms. The second-order valence-corrected chi connectivity index (χ2v) is 5.03. The number of nitrogens with zero attached hydrogens (tertiary/aromatic N) is 3. The van der Waals surface area contributed by atoms with E-state index in [0.717, 1.165) is 18.2 Å². The van der Waals surface area contributed by atoms with Crippen molar-refractivity contribution in [2.45, 2.75) is 6.61 Å². The molecule has 0 fully saturated rings. The molecule has 9 heteroatoms. The van der Waals surface area contributed by atoms with E-state index in [9.17, 15) is 19.3 Å². The first kappa shape index (κ1) is 16.4. The van der Waals surface area contributed by atoms with Gasteiger partial charge in [0, 0.05) is 24.5 Å². The zero-order valence-electron chi connectivity index (χ0n) is 13.0. The van der Waals surface area contributed by atoms with Crippen molar-refractivity contribution in [3.63, 3.8) is 0 Å². The van der Waals surface area contributed by atoms with Gasteiger partial charge < -0.3 is 13.9 Å². The minimum atomic E-state index is -0.659. The van der Waals surface area contributed by atoms with Crippen molar-refractivity contribution < 1.29 is 23.6 Å². The van der Waals surface area contributed by atoms with Gasteiger partial charge >= 0.3 is 11.7 Å². The van der Waals surface area contributed by atoms with E-state index in [1.165, 1.54) is 7.11 Å². The van der Waals surface area contributed by atoms with Crippen molar-refractivity contribution >= 4 is 17.3 Å². The van der Waals surface area contributed by atoms with Gasteiger partial charge in [0.1, 0.15) is 18.0 Å². The first-order chi connectivity index (χ1) is 12.0. The van der Waals surface area contributed by atoms with Crippen molar-refractivity contribution in [3.8, 4) is 5.75 Å². The first-order valence-electron chi connectivity index (χ1n) is 7.11. The van der Waals surface area contributed by atoms with E-state index in [0.29, 0.717) is 11.3 Å². The quantitative estimate of drug-likeness (QED) is 0.401. The van der Waals surface area contributed by atoms with Gasteiger partial charge in [0.05, 0.1) is 17.7 Å². The fourth-order valence-electron chi connectivity index (χ4n) is 2.31. The predicted octanol–water partition coefficient (Wildman–Crippen LogP) is 2.75. The third kappa shape index (κ3) is 3.25. The highest BCUT2D eigenvalue weighted by atomic mass is 19.1. The summed E-state index contributed by atoms with van der Waals surface area (Å²) in [6, 6.07) is 6.18. The average Bonchev–Trinajstić information content (AvgIpc) is 3.02. The van der Waals surface area contributed by atoms with E-state index in [-0.39, 0.29) is 23.6 Å². The number of methoxy groups -OCH3 is 1. The molecule has 2 aromatic heterocycles. The highest BCUT2D eigenvalue weighted by molar-refractivity contribution is 5.95. The molecule has 128 valence electrons. The number of nitro groups is 1. The van der Waals surface area contributed by atoms with Gasteiger partial charge in [0.15, 0.2) is 11.4 Å². The molecule has 0 aliphatic heterocycles. The van der Waals surface area contributed by atoms with Crippen LogP contribution in [0.15, 0.2) is 42.7 Å². The minimum absolute atomic E-state index is 0.132. The molecular formula is C16H12FN3O5. The lowest BCUT2D eigenvalue weighted by atomic mass is 10.3. The Labute approximate surface area is 140 Å². The Morgan fingerprint density at radius 2 is 2.20 bits per heavy atom. The van der Waals surface area contributed by atoms with Crippen LogP contribution in [-0.2, 0) is 11.3 Å². The van der Waals surface area contributed by atoms with E-state index in [1.807, 2.05) is 0 Å². The number of nitro benzene ring substituents is 1. The number of esters is 1. The first-order valence-corrected chi connectivity index (χ1v) is 7.11. The minimum Gasteiger partial charge on any atom is -0.480 e. The molecule has 0 amide bonds. The second kappa shape index (κ2) is 6.56. The van der Waals surface area contributed by atoms with Crippen LogP contribution in [0.1, 0.15) is 16.1 Å². The van der Waals surface area contributed by atoms with Crippen LogP contribution < -0.4 is 4.74 Å². The zero-order valence-corrected chi connectivity index (χ0v) is 13.0. The number of fused-ring (bicyclic) bond motifs is 1. The number of ether oxygens (including phenoxy) is 2. The smallest absolute Gasteiger partial charge is 0.341 e. The summed E-state index contributed by atoms with van der Waals surface area (Å²) >= 11 is 0. The van der Waals surface area contributed by atoms with Gasteiger partial charge in [-0.05, 0) is 18.2 Å². The summed E-state index contributed by atoms with van der Waals surface area (Å²) in [5.74, 6) is -1.39. The molecule has 0 saturated heterocycles. The molecule has 0 atom stereocenters. The van der Waals surface area contributed by atoms with Crippen molar-refractivity contribution in [3.05, 3.63) is 69.9 Å². The van der Waals surface area contributed by atoms with Crippen LogP contribution in [0.5, 0.6) is 5.75 Å². The van der Waals surface area contributed by atoms with Crippen molar-refractivity contribution in [2.24, 2.45) is 0 Å². The number of hydrogen-bond acceptors (Lipinski definition) is 6. The SMILES string of the molecule is COC(=O)c1cccn2cc(COc3cc(F)ccc3[N+](=O)[O-])nc12. The van der Waals surface area contributed by atoms with Crippen LogP contribution in [-0.4, -0.2) is 27.4 Å². The molecule has 2 heterocycles. The van der Waals surface area contributed by atoms with Crippen LogP contribution >= 0.6 is 0 Å². The van der Waals surface area contributed by atoms with E-state index in [4.69, 9.17) is 9.47 Å². The lowest BCUT2D eigenvalue weighted by molar-refractivity contribution is -0.386. The van der Waals surface area contributed by atoms with Crippen LogP contribution in [0.4, 0.5) is 10.1 Å². The number of carbonyl (C=O) groups is 1. The predicted molar refractivity (Wildman–Crippen MR) is 83.9 cm³/mol. The summed E-state index contributed by atoms with van der Waals surface area (Å²) in [4.78, 5) is 26.3. The average molecular weight is 345 g/mol. The summed E-state index contributed by atoms with van der Waals surface area (Å²) in [6.45, 7) is -0.132. The highest BCUT2D eigenvalue weighted by Gasteiger charge is 2.17. The van der Waals surface area contributed by atoms with Gasteiger partial charge in [-0.15, -0.1) is 0 Å². The number of halogens is 1. The zero-order chi connectivity index (χ0) is 18.0. The van der Waals surface area contributed by atoms with Gasteiger partial charge in [0.25, 0.3) is 0 Å². The molecule has 25 heavy (non-hydrogen) atoms. The summed E-state index contributed by atoms with van der Waals surface area (Å²) in [5, 5.41) is 11.0. The summed E-state index contributed by atoms with van der Waals surface area (Å²) < 4.78 is 25.0. The lowest BCUT2D eigenvalue weighted by Crippen LogP contribution is -2.04. The van der Waals surface area contributed by atoms with Gasteiger partial charge in [-0.25, -0.2) is 14.2 Å². The van der Waals surface area contributed by atoms with E-state index in [2.05, 4.69) is 4.98 Å². The maximum atomic E-state index is 13.3. The largest absolute Gasteiger partial charge is 0.480 e. The van der Waals surface area contributed by atoms with E-state index >= 15 is 0 Å². The van der Waals surface area contributed by atoms with Gasteiger partial charge in [-0.1, -0.05) is 0 Å². The molecule has 0 bridgehead atoms. The molecule has 0 aliphatic carbocycles. The van der Waals surface area contributed by atoms with Crippen LogP contribution in [0.25, 0.3) is 5.65 Å². The lowest BCUT2D eigenvalue weighted by Gasteiger charge is -2.04. The second-order valence-electron chi connectivity index (χ2n) is 5.03. The van der Waals surface area contributed by atoms with Crippen molar-refractivity contribution in [2.75, 3.05) is 7.11 Å². The topological polar surface area (TPSA) is 96.0 Å². The normalized spacial score (nSPS) is 10.6. The number of carbonyl (C=O) groups excluding carboxylic acids is 1. The molecule has 0 aliphatic rings. The van der Waals surface area contributed by atoms with Gasteiger partial charge in [-0.2, -0.15) is 0 Å². The molecule has 8 nitrogen and oxygen atoms in total. The summed E-state index contributed by atoms with van der Waals surface area (Å²) in [6.07, 6.45) is 3.29. The Bertz CT molecular complexity index is 970. The Morgan fingerprint density at radius 1 is 1.40 bits per heavy atom. The molecular weight excluding hydrogens is 333 g/mol. The molecule has 0 N–H and O–H groups in total. The van der Waals surface area contributed by atoms with Crippen LogP contribution in [0.2, 0.25) is 0 Å². The molecule has 0 radical (unpaired) electrons. The van der Waals surface area contributed by atoms with Crippen LogP contribution in [0, 0.1) is 15.9 Å². The molecule has 3 rings (SSSR count). The monoisotopic (exact) mass is 345 g/mol. The Morgan fingerprint density at radius 3 is 2.92 bits per heavy atom. The highest BCUT2D eigenvalue weighted by Crippen LogP contribution is 2.28. The number of benzene rings is 1. The number of rotatable bonds is 5. The maximum absolute atomic E-state index is 13.3. The Kier molecular flexibility index (Phi) is 4.29. The Hall–Kier alpha value is -3.49. The fourth-order valence-corrected chi connectivity index (χ4v) is 2.31.